The molecule has 0 radical (unpaired) electrons. The highest BCUT2D eigenvalue weighted by Crippen LogP contribution is 2.28. The van der Waals surface area contributed by atoms with E-state index in [1.807, 2.05) is 18.3 Å². The first-order valence-electron chi connectivity index (χ1n) is 11.5. The number of unbranched alkanes of at least 4 members (excludes halogenated alkanes) is 2. The van der Waals surface area contributed by atoms with Gasteiger partial charge in [0.2, 0.25) is 0 Å². The molecule has 0 aromatic carbocycles. The van der Waals surface area contributed by atoms with Crippen molar-refractivity contribution in [1.29, 1.82) is 0 Å². The molecule has 1 fully saturated rings. The lowest BCUT2D eigenvalue weighted by molar-refractivity contribution is -0.134. The monoisotopic (exact) mass is 465 g/mol. The average molecular weight is 466 g/mol. The summed E-state index contributed by atoms with van der Waals surface area (Å²) in [6, 6.07) is 4.40. The number of carboxylic acid groups (broad SMARTS) is 2. The fourth-order valence-electron chi connectivity index (χ4n) is 3.62. The number of carboxylic acids is 2. The molecule has 0 aliphatic heterocycles. The molecule has 0 amide bonds. The molecule has 1 unspecified atom stereocenters. The Morgan fingerprint density at radius 1 is 1.12 bits per heavy atom. The average Bonchev–Trinajstić information content (AvgIpc) is 3.22. The second-order valence-corrected chi connectivity index (χ2v) is 10.0. The molecule has 2 rings (SSSR count). The zero-order valence-electron chi connectivity index (χ0n) is 19.2. The van der Waals surface area contributed by atoms with Gasteiger partial charge in [-0.05, 0) is 56.7 Å². The van der Waals surface area contributed by atoms with Crippen molar-refractivity contribution in [2.75, 3.05) is 6.61 Å². The summed E-state index contributed by atoms with van der Waals surface area (Å²) in [5.74, 6) is -1.49. The summed E-state index contributed by atoms with van der Waals surface area (Å²) >= 11 is 1.85. The number of aliphatic hydroxyl groups excluding tert-OH is 1. The zero-order valence-corrected chi connectivity index (χ0v) is 20.0. The SMILES string of the molecule is CC(N)(CO)CCc1ccc(C=CCCCCC2CCCCC2)s1.O=C(O)/C=C\C(=O)O. The van der Waals surface area contributed by atoms with Crippen LogP contribution in [0.1, 0.15) is 80.9 Å². The zero-order chi connectivity index (χ0) is 23.8. The predicted octanol–water partition coefficient (Wildman–Crippen LogP) is 5.26. The first-order chi connectivity index (χ1) is 15.2. The van der Waals surface area contributed by atoms with Crippen molar-refractivity contribution < 1.29 is 24.9 Å². The number of aliphatic hydroxyl groups is 1. The Kier molecular flexibility index (Phi) is 13.8. The van der Waals surface area contributed by atoms with Crippen molar-refractivity contribution in [3.05, 3.63) is 40.1 Å². The molecule has 0 bridgehead atoms. The molecule has 6 nitrogen and oxygen atoms in total. The molecule has 1 saturated carbocycles. The van der Waals surface area contributed by atoms with Gasteiger partial charge in [0, 0.05) is 27.4 Å². The van der Waals surface area contributed by atoms with Crippen molar-refractivity contribution in [1.82, 2.24) is 0 Å². The van der Waals surface area contributed by atoms with Gasteiger partial charge in [0.05, 0.1) is 6.61 Å². The Bertz CT molecular complexity index is 716. The van der Waals surface area contributed by atoms with Crippen molar-refractivity contribution in [2.45, 2.75) is 83.1 Å². The number of carbonyl (C=O) groups is 2. The number of rotatable bonds is 12. The van der Waals surface area contributed by atoms with E-state index in [1.54, 1.807) is 0 Å². The molecule has 1 atom stereocenters. The minimum atomic E-state index is -1.26. The maximum atomic E-state index is 9.55. The van der Waals surface area contributed by atoms with Gasteiger partial charge in [0.1, 0.15) is 0 Å². The van der Waals surface area contributed by atoms with Crippen LogP contribution >= 0.6 is 11.3 Å². The Labute approximate surface area is 195 Å². The molecule has 0 saturated heterocycles. The quantitative estimate of drug-likeness (QED) is 0.247. The minimum absolute atomic E-state index is 0.0476. The van der Waals surface area contributed by atoms with Crippen LogP contribution < -0.4 is 5.73 Å². The van der Waals surface area contributed by atoms with Crippen LogP contribution in [0.5, 0.6) is 0 Å². The van der Waals surface area contributed by atoms with Crippen LogP contribution in [-0.4, -0.2) is 39.4 Å². The van der Waals surface area contributed by atoms with Crippen LogP contribution in [0.4, 0.5) is 0 Å². The molecule has 180 valence electrons. The number of aliphatic carboxylic acids is 2. The molecule has 1 aromatic heterocycles. The Hall–Kier alpha value is -1.96. The summed E-state index contributed by atoms with van der Waals surface area (Å²) in [4.78, 5) is 21.8. The summed E-state index contributed by atoms with van der Waals surface area (Å²) in [5, 5.41) is 24.8. The summed E-state index contributed by atoms with van der Waals surface area (Å²) in [6.45, 7) is 1.96. The highest BCUT2D eigenvalue weighted by atomic mass is 32.1. The Morgan fingerprint density at radius 2 is 1.78 bits per heavy atom. The van der Waals surface area contributed by atoms with Gasteiger partial charge in [-0.25, -0.2) is 9.59 Å². The van der Waals surface area contributed by atoms with Crippen molar-refractivity contribution in [3.63, 3.8) is 0 Å². The van der Waals surface area contributed by atoms with Crippen LogP contribution in [0, 0.1) is 5.92 Å². The van der Waals surface area contributed by atoms with Crippen molar-refractivity contribution in [2.24, 2.45) is 11.7 Å². The number of thiophene rings is 1. The van der Waals surface area contributed by atoms with Crippen molar-refractivity contribution in [3.8, 4) is 0 Å². The number of aryl methyl sites for hydroxylation is 1. The van der Waals surface area contributed by atoms with Gasteiger partial charge in [0.15, 0.2) is 0 Å². The highest BCUT2D eigenvalue weighted by molar-refractivity contribution is 7.12. The van der Waals surface area contributed by atoms with Gasteiger partial charge < -0.3 is 21.1 Å². The van der Waals surface area contributed by atoms with E-state index in [4.69, 9.17) is 15.9 Å². The normalized spacial score (nSPS) is 16.6. The lowest BCUT2D eigenvalue weighted by Gasteiger charge is -2.21. The van der Waals surface area contributed by atoms with Crippen LogP contribution in [0.25, 0.3) is 6.08 Å². The second kappa shape index (κ2) is 15.8. The molecule has 1 aliphatic carbocycles. The van der Waals surface area contributed by atoms with Gasteiger partial charge in [-0.15, -0.1) is 11.3 Å². The number of allylic oxidation sites excluding steroid dienone is 1. The minimum Gasteiger partial charge on any atom is -0.478 e. The Morgan fingerprint density at radius 3 is 2.38 bits per heavy atom. The third-order valence-electron chi connectivity index (χ3n) is 5.59. The summed E-state index contributed by atoms with van der Waals surface area (Å²) in [5.41, 5.74) is 5.53. The van der Waals surface area contributed by atoms with E-state index in [2.05, 4.69) is 24.3 Å². The summed E-state index contributed by atoms with van der Waals surface area (Å²) < 4.78 is 0. The second-order valence-electron chi connectivity index (χ2n) is 8.82. The summed E-state index contributed by atoms with van der Waals surface area (Å²) in [6.07, 6.45) is 20.2. The third kappa shape index (κ3) is 14.2. The maximum absolute atomic E-state index is 9.55. The lowest BCUT2D eigenvalue weighted by Crippen LogP contribution is -2.40. The van der Waals surface area contributed by atoms with Gasteiger partial charge in [-0.3, -0.25) is 0 Å². The van der Waals surface area contributed by atoms with Crippen LogP contribution in [0.15, 0.2) is 30.4 Å². The van der Waals surface area contributed by atoms with Gasteiger partial charge in [0.25, 0.3) is 0 Å². The van der Waals surface area contributed by atoms with Gasteiger partial charge in [-0.1, -0.05) is 51.0 Å². The van der Waals surface area contributed by atoms with Crippen LogP contribution in [0.3, 0.4) is 0 Å². The van der Waals surface area contributed by atoms with E-state index >= 15 is 0 Å². The lowest BCUT2D eigenvalue weighted by atomic mass is 9.85. The molecule has 0 spiro atoms. The largest absolute Gasteiger partial charge is 0.478 e. The topological polar surface area (TPSA) is 121 Å². The molecular weight excluding hydrogens is 426 g/mol. The smallest absolute Gasteiger partial charge is 0.328 e. The van der Waals surface area contributed by atoms with Crippen LogP contribution in [0.2, 0.25) is 0 Å². The molecule has 1 aromatic rings. The molecule has 5 N–H and O–H groups in total. The Balaban J connectivity index is 0.000000547. The standard InChI is InChI=1S/C21H35NOS.C4H4O4/c1-21(22,17-23)16-15-20-14-13-19(24-20)12-8-3-2-5-9-18-10-6-4-7-11-18;5-3(6)1-2-4(7)8/h8,12-14,18,23H,2-7,9-11,15-17,22H2,1H3;1-2H,(H,5,6)(H,7,8)/b;2-1-. The fraction of sp³-hybridized carbons (Fsp3) is 0.600. The molecule has 1 aliphatic rings. The molecule has 7 heteroatoms. The molecule has 1 heterocycles. The van der Waals surface area contributed by atoms with E-state index < -0.39 is 17.5 Å². The number of hydrogen-bond donors (Lipinski definition) is 4. The van der Waals surface area contributed by atoms with E-state index in [9.17, 15) is 14.7 Å². The maximum Gasteiger partial charge on any atom is 0.328 e. The molecular formula is C25H39NO5S. The van der Waals surface area contributed by atoms with E-state index in [0.29, 0.717) is 12.2 Å². The van der Waals surface area contributed by atoms with E-state index in [0.717, 1.165) is 18.8 Å². The first kappa shape index (κ1) is 28.1. The first-order valence-corrected chi connectivity index (χ1v) is 12.3. The number of hydrogen-bond acceptors (Lipinski definition) is 5. The van der Waals surface area contributed by atoms with Gasteiger partial charge in [-0.2, -0.15) is 0 Å². The van der Waals surface area contributed by atoms with Gasteiger partial charge >= 0.3 is 11.9 Å². The predicted molar refractivity (Wildman–Crippen MR) is 131 cm³/mol. The summed E-state index contributed by atoms with van der Waals surface area (Å²) in [7, 11) is 0. The van der Waals surface area contributed by atoms with Crippen molar-refractivity contribution >= 4 is 29.4 Å². The van der Waals surface area contributed by atoms with E-state index in [-0.39, 0.29) is 6.61 Å². The third-order valence-corrected chi connectivity index (χ3v) is 6.70. The molecule has 32 heavy (non-hydrogen) atoms. The van der Waals surface area contributed by atoms with E-state index in [1.165, 1.54) is 67.5 Å². The van der Waals surface area contributed by atoms with Crippen LogP contribution in [-0.2, 0) is 16.0 Å². The highest BCUT2D eigenvalue weighted by Gasteiger charge is 2.17. The fourth-order valence-corrected chi connectivity index (χ4v) is 4.56. The number of nitrogens with two attached hydrogens (primary N) is 1.